The SMILES string of the molecule is COc1cc(-c2oc3cc(O)cc(O)c3c(=O)c2O)cc(OC)c1O[C@@H]1O[C@H](CO)[C@@H](O[C@@H]2O[C@@H](C)[C@H](O)[C@@H](O)[C@H]2O)[C@H](O)[C@H]1O. The molecule has 10 atom stereocenters. The van der Waals surface area contributed by atoms with Gasteiger partial charge in [0.1, 0.15) is 65.2 Å². The lowest BCUT2D eigenvalue weighted by molar-refractivity contribution is -0.349. The van der Waals surface area contributed by atoms with Crippen molar-refractivity contribution in [1.82, 2.24) is 0 Å². The maximum absolute atomic E-state index is 12.9. The summed E-state index contributed by atoms with van der Waals surface area (Å²) in [6.45, 7) is 0.652. The van der Waals surface area contributed by atoms with E-state index in [2.05, 4.69) is 0 Å². The Bertz CT molecular complexity index is 1600. The van der Waals surface area contributed by atoms with E-state index in [0.717, 1.165) is 12.1 Å². The van der Waals surface area contributed by atoms with Gasteiger partial charge in [-0.3, -0.25) is 4.79 Å². The lowest BCUT2D eigenvalue weighted by Gasteiger charge is -2.45. The Morgan fingerprint density at radius 3 is 2.04 bits per heavy atom. The minimum atomic E-state index is -1.85. The number of methoxy groups -OCH3 is 2. The zero-order chi connectivity index (χ0) is 33.6. The van der Waals surface area contributed by atoms with Gasteiger partial charge in [-0.25, -0.2) is 0 Å². The summed E-state index contributed by atoms with van der Waals surface area (Å²) in [5.74, 6) is -2.65. The van der Waals surface area contributed by atoms with Crippen LogP contribution in [0.3, 0.4) is 0 Å². The van der Waals surface area contributed by atoms with Gasteiger partial charge in [-0.15, -0.1) is 0 Å². The predicted molar refractivity (Wildman–Crippen MR) is 152 cm³/mol. The van der Waals surface area contributed by atoms with Gasteiger partial charge in [0, 0.05) is 17.7 Å². The molecule has 0 spiro atoms. The molecule has 252 valence electrons. The molecule has 0 amide bonds. The molecular weight excluding hydrogens is 620 g/mol. The third kappa shape index (κ3) is 5.88. The molecule has 46 heavy (non-hydrogen) atoms. The van der Waals surface area contributed by atoms with Crippen LogP contribution in [0.25, 0.3) is 22.3 Å². The first-order chi connectivity index (χ1) is 21.8. The van der Waals surface area contributed by atoms with Crippen LogP contribution in [-0.2, 0) is 14.2 Å². The smallest absolute Gasteiger partial charge is 0.238 e. The van der Waals surface area contributed by atoms with Gasteiger partial charge in [0.15, 0.2) is 23.5 Å². The molecule has 5 rings (SSSR count). The van der Waals surface area contributed by atoms with Crippen molar-refractivity contribution in [2.24, 2.45) is 0 Å². The number of benzene rings is 2. The van der Waals surface area contributed by atoms with Crippen LogP contribution in [0.1, 0.15) is 6.92 Å². The first-order valence-corrected chi connectivity index (χ1v) is 13.9. The lowest BCUT2D eigenvalue weighted by Crippen LogP contribution is -2.64. The van der Waals surface area contributed by atoms with Crippen molar-refractivity contribution in [3.63, 3.8) is 0 Å². The zero-order valence-corrected chi connectivity index (χ0v) is 24.6. The highest BCUT2D eigenvalue weighted by Crippen LogP contribution is 2.45. The third-order valence-electron chi connectivity index (χ3n) is 7.81. The highest BCUT2D eigenvalue weighted by Gasteiger charge is 2.51. The van der Waals surface area contributed by atoms with Crippen molar-refractivity contribution >= 4 is 11.0 Å². The average Bonchev–Trinajstić information content (AvgIpc) is 3.03. The fourth-order valence-electron chi connectivity index (χ4n) is 5.31. The third-order valence-corrected chi connectivity index (χ3v) is 7.81. The van der Waals surface area contributed by atoms with Gasteiger partial charge >= 0.3 is 0 Å². The standard InChI is InChI=1S/C29H34O17/c1-9-18(33)20(35)23(38)28(42-9)46-27-16(8-30)44-29(24(39)22(27)37)45-26-14(40-2)4-10(5-15(26)41-3)25-21(36)19(34)17-12(32)6-11(31)7-13(17)43-25/h4-7,9,16,18,20,22-24,27-33,35-39H,8H2,1-3H3/t9-,16+,18-,20+,22+,23+,24+,27+,28-,29-/m0/s1. The normalized spacial score (nSPS) is 31.5. The van der Waals surface area contributed by atoms with Gasteiger partial charge in [-0.05, 0) is 19.1 Å². The van der Waals surface area contributed by atoms with Crippen LogP contribution >= 0.6 is 0 Å². The van der Waals surface area contributed by atoms with Crippen LogP contribution in [0.5, 0.6) is 34.5 Å². The number of aliphatic hydroxyl groups is 6. The van der Waals surface area contributed by atoms with E-state index in [9.17, 15) is 50.8 Å². The molecular formula is C29H34O17. The summed E-state index contributed by atoms with van der Waals surface area (Å²) in [4.78, 5) is 12.9. The fourth-order valence-corrected chi connectivity index (χ4v) is 5.31. The predicted octanol–water partition coefficient (Wildman–Crippen LogP) is -1.38. The van der Waals surface area contributed by atoms with Crippen molar-refractivity contribution in [3.05, 3.63) is 34.5 Å². The van der Waals surface area contributed by atoms with Crippen LogP contribution in [0, 0.1) is 0 Å². The second-order valence-corrected chi connectivity index (χ2v) is 10.8. The van der Waals surface area contributed by atoms with Gasteiger partial charge < -0.3 is 78.8 Å². The summed E-state index contributed by atoms with van der Waals surface area (Å²) in [6, 6.07) is 4.52. The van der Waals surface area contributed by atoms with Gasteiger partial charge in [0.25, 0.3) is 0 Å². The maximum Gasteiger partial charge on any atom is 0.238 e. The summed E-state index contributed by atoms with van der Waals surface area (Å²) in [6.07, 6.45) is -15.5. The van der Waals surface area contributed by atoms with E-state index in [0.29, 0.717) is 0 Å². The maximum atomic E-state index is 12.9. The number of hydrogen-bond acceptors (Lipinski definition) is 17. The van der Waals surface area contributed by atoms with Gasteiger partial charge in [0.2, 0.25) is 23.2 Å². The Kier molecular flexibility index (Phi) is 9.50. The monoisotopic (exact) mass is 654 g/mol. The largest absolute Gasteiger partial charge is 0.508 e. The lowest BCUT2D eigenvalue weighted by atomic mass is 9.97. The van der Waals surface area contributed by atoms with Crippen LogP contribution in [0.15, 0.2) is 33.5 Å². The molecule has 2 aliphatic rings. The first-order valence-electron chi connectivity index (χ1n) is 13.9. The quantitative estimate of drug-likeness (QED) is 0.135. The molecule has 3 aromatic rings. The first kappa shape index (κ1) is 33.5. The molecule has 0 radical (unpaired) electrons. The highest BCUT2D eigenvalue weighted by molar-refractivity contribution is 5.88. The minimum absolute atomic E-state index is 0.0276. The van der Waals surface area contributed by atoms with E-state index < -0.39 is 90.7 Å². The van der Waals surface area contributed by atoms with E-state index in [1.165, 1.54) is 33.3 Å². The zero-order valence-electron chi connectivity index (χ0n) is 24.6. The van der Waals surface area contributed by atoms with Crippen molar-refractivity contribution < 1.29 is 78.8 Å². The molecule has 0 aliphatic carbocycles. The summed E-state index contributed by atoms with van der Waals surface area (Å²) in [7, 11) is 2.49. The Labute approximate surface area is 259 Å². The molecule has 0 unspecified atom stereocenters. The molecule has 2 saturated heterocycles. The number of phenols is 2. The van der Waals surface area contributed by atoms with Gasteiger partial charge in [-0.1, -0.05) is 0 Å². The summed E-state index contributed by atoms with van der Waals surface area (Å²) in [5, 5.41) is 92.5. The molecule has 1 aromatic heterocycles. The van der Waals surface area contributed by atoms with Crippen molar-refractivity contribution in [1.29, 1.82) is 0 Å². The van der Waals surface area contributed by atoms with Gasteiger partial charge in [-0.2, -0.15) is 0 Å². The highest BCUT2D eigenvalue weighted by atomic mass is 16.7. The molecule has 2 aliphatic heterocycles. The van der Waals surface area contributed by atoms with E-state index in [1.54, 1.807) is 0 Å². The van der Waals surface area contributed by atoms with Gasteiger partial charge in [0.05, 0.1) is 26.9 Å². The number of rotatable bonds is 8. The fraction of sp³-hybridized carbons (Fsp3) is 0.483. The molecule has 2 aromatic carbocycles. The Morgan fingerprint density at radius 1 is 0.804 bits per heavy atom. The molecule has 9 N–H and O–H groups in total. The molecule has 2 fully saturated rings. The van der Waals surface area contributed by atoms with E-state index >= 15 is 0 Å². The minimum Gasteiger partial charge on any atom is -0.508 e. The number of ether oxygens (including phenoxy) is 6. The second-order valence-electron chi connectivity index (χ2n) is 10.8. The van der Waals surface area contributed by atoms with Crippen LogP contribution in [0.4, 0.5) is 0 Å². The second kappa shape index (κ2) is 13.1. The molecule has 3 heterocycles. The van der Waals surface area contributed by atoms with E-state index in [1.807, 2.05) is 0 Å². The van der Waals surface area contributed by atoms with Crippen molar-refractivity contribution in [3.8, 4) is 45.8 Å². The molecule has 0 saturated carbocycles. The number of hydrogen-bond donors (Lipinski definition) is 9. The summed E-state index contributed by atoms with van der Waals surface area (Å²) < 4.78 is 39.0. The van der Waals surface area contributed by atoms with Crippen molar-refractivity contribution in [2.45, 2.75) is 68.3 Å². The van der Waals surface area contributed by atoms with E-state index in [-0.39, 0.29) is 39.5 Å². The molecule has 17 nitrogen and oxygen atoms in total. The summed E-state index contributed by atoms with van der Waals surface area (Å²) in [5.41, 5.74) is -1.20. The number of fused-ring (bicyclic) bond motifs is 1. The van der Waals surface area contributed by atoms with Crippen LogP contribution in [0.2, 0.25) is 0 Å². The molecule has 17 heteroatoms. The van der Waals surface area contributed by atoms with E-state index in [4.69, 9.17) is 32.8 Å². The van der Waals surface area contributed by atoms with Crippen molar-refractivity contribution in [2.75, 3.05) is 20.8 Å². The Morgan fingerprint density at radius 2 is 1.43 bits per heavy atom. The summed E-state index contributed by atoms with van der Waals surface area (Å²) >= 11 is 0. The topological polar surface area (TPSA) is 268 Å². The molecule has 0 bridgehead atoms. The van der Waals surface area contributed by atoms with Crippen LogP contribution in [-0.4, -0.2) is 128 Å². The number of aromatic hydroxyl groups is 3. The Hall–Kier alpha value is -3.91. The van der Waals surface area contributed by atoms with Crippen LogP contribution < -0.4 is 19.6 Å². The Balaban J connectivity index is 1.44. The number of phenolic OH excluding ortho intramolecular Hbond substituents is 2. The number of aliphatic hydroxyl groups excluding tert-OH is 6. The average molecular weight is 655 g/mol.